The van der Waals surface area contributed by atoms with Crippen molar-refractivity contribution in [3.05, 3.63) is 59.4 Å². The monoisotopic (exact) mass is 295 g/mol. The van der Waals surface area contributed by atoms with Gasteiger partial charge >= 0.3 is 0 Å². The van der Waals surface area contributed by atoms with Crippen LogP contribution in [0.2, 0.25) is 0 Å². The number of fused-ring (bicyclic) bond motifs is 1. The molecule has 0 radical (unpaired) electrons. The van der Waals surface area contributed by atoms with Gasteiger partial charge in [-0.15, -0.1) is 0 Å². The normalized spacial score (nSPS) is 13.1. The van der Waals surface area contributed by atoms with Gasteiger partial charge in [0.25, 0.3) is 5.91 Å². The van der Waals surface area contributed by atoms with Crippen LogP contribution < -0.4 is 10.2 Å². The quantitative estimate of drug-likeness (QED) is 0.937. The van der Waals surface area contributed by atoms with Crippen LogP contribution >= 0.6 is 0 Å². The molecule has 2 heterocycles. The maximum Gasteiger partial charge on any atom is 0.251 e. The third-order valence-corrected chi connectivity index (χ3v) is 3.75. The molecule has 1 aromatic heterocycles. The summed E-state index contributed by atoms with van der Waals surface area (Å²) in [6.07, 6.45) is 2.06. The Balaban J connectivity index is 1.72. The number of pyridine rings is 1. The first-order chi connectivity index (χ1) is 10.7. The Morgan fingerprint density at radius 2 is 2.18 bits per heavy atom. The van der Waals surface area contributed by atoms with Crippen LogP contribution in [0.15, 0.2) is 42.6 Å². The van der Waals surface area contributed by atoms with Crippen molar-refractivity contribution in [2.75, 3.05) is 11.4 Å². The van der Waals surface area contributed by atoms with E-state index in [9.17, 15) is 9.59 Å². The second kappa shape index (κ2) is 5.97. The molecule has 1 aliphatic heterocycles. The van der Waals surface area contributed by atoms with E-state index in [1.807, 2.05) is 31.2 Å². The minimum absolute atomic E-state index is 0.0866. The number of benzene rings is 1. The third kappa shape index (κ3) is 2.70. The molecule has 2 amide bonds. The lowest BCUT2D eigenvalue weighted by Crippen LogP contribution is -2.26. The number of hydrogen-bond donors (Lipinski definition) is 1. The Hall–Kier alpha value is -2.69. The SMILES string of the molecule is CCN1C(=O)Cc2cc(C(=O)NCc3ccccn3)ccc21. The van der Waals surface area contributed by atoms with Gasteiger partial charge in [0.1, 0.15) is 0 Å². The molecule has 5 nitrogen and oxygen atoms in total. The first kappa shape index (κ1) is 14.3. The fraction of sp³-hybridized carbons (Fsp3) is 0.235. The lowest BCUT2D eigenvalue weighted by Gasteiger charge is -2.14. The van der Waals surface area contributed by atoms with Crippen molar-refractivity contribution in [3.63, 3.8) is 0 Å². The number of amides is 2. The molecule has 1 N–H and O–H groups in total. The highest BCUT2D eigenvalue weighted by molar-refractivity contribution is 6.03. The topological polar surface area (TPSA) is 62.3 Å². The van der Waals surface area contributed by atoms with E-state index in [0.29, 0.717) is 25.1 Å². The van der Waals surface area contributed by atoms with Crippen LogP contribution in [0.25, 0.3) is 0 Å². The summed E-state index contributed by atoms with van der Waals surface area (Å²) in [5.74, 6) is -0.0700. The predicted octanol–water partition coefficient (Wildman–Crippen LogP) is 1.92. The fourth-order valence-electron chi connectivity index (χ4n) is 2.65. The molecule has 0 spiro atoms. The third-order valence-electron chi connectivity index (χ3n) is 3.75. The van der Waals surface area contributed by atoms with Gasteiger partial charge in [-0.25, -0.2) is 0 Å². The van der Waals surface area contributed by atoms with Crippen molar-refractivity contribution >= 4 is 17.5 Å². The molecule has 22 heavy (non-hydrogen) atoms. The summed E-state index contributed by atoms with van der Waals surface area (Å²) in [6, 6.07) is 11.0. The van der Waals surface area contributed by atoms with Gasteiger partial charge in [0, 0.05) is 24.0 Å². The maximum atomic E-state index is 12.2. The molecule has 112 valence electrons. The lowest BCUT2D eigenvalue weighted by atomic mass is 10.1. The van der Waals surface area contributed by atoms with Gasteiger partial charge in [-0.05, 0) is 42.8 Å². The summed E-state index contributed by atoms with van der Waals surface area (Å²) in [4.78, 5) is 30.0. The predicted molar refractivity (Wildman–Crippen MR) is 83.6 cm³/mol. The first-order valence-electron chi connectivity index (χ1n) is 7.30. The molecule has 0 bridgehead atoms. The summed E-state index contributed by atoms with van der Waals surface area (Å²) in [7, 11) is 0. The van der Waals surface area contributed by atoms with Crippen molar-refractivity contribution in [3.8, 4) is 0 Å². The number of anilines is 1. The molecule has 1 aliphatic rings. The number of nitrogens with one attached hydrogen (secondary N) is 1. The Morgan fingerprint density at radius 1 is 1.32 bits per heavy atom. The number of aromatic nitrogens is 1. The van der Waals surface area contributed by atoms with E-state index in [-0.39, 0.29) is 11.8 Å². The molecule has 3 rings (SSSR count). The van der Waals surface area contributed by atoms with E-state index in [1.54, 1.807) is 23.2 Å². The summed E-state index contributed by atoms with van der Waals surface area (Å²) in [6.45, 7) is 2.98. The Kier molecular flexibility index (Phi) is 3.87. The fourth-order valence-corrected chi connectivity index (χ4v) is 2.65. The van der Waals surface area contributed by atoms with Crippen LogP contribution in [0, 0.1) is 0 Å². The zero-order valence-electron chi connectivity index (χ0n) is 12.4. The molecule has 0 aliphatic carbocycles. The van der Waals surface area contributed by atoms with Gasteiger partial charge in [0.2, 0.25) is 5.91 Å². The summed E-state index contributed by atoms with van der Waals surface area (Å²) >= 11 is 0. The standard InChI is InChI=1S/C17H17N3O2/c1-2-20-15-7-6-12(9-13(15)10-16(20)21)17(22)19-11-14-5-3-4-8-18-14/h3-9H,2,10-11H2,1H3,(H,19,22). The summed E-state index contributed by atoms with van der Waals surface area (Å²) in [5.41, 5.74) is 3.20. The van der Waals surface area contributed by atoms with Crippen LogP contribution in [0.3, 0.4) is 0 Å². The molecule has 2 aromatic rings. The molecule has 0 saturated carbocycles. The van der Waals surface area contributed by atoms with Gasteiger partial charge in [-0.2, -0.15) is 0 Å². The highest BCUT2D eigenvalue weighted by atomic mass is 16.2. The van der Waals surface area contributed by atoms with Crippen molar-refractivity contribution in [2.24, 2.45) is 0 Å². The Bertz CT molecular complexity index is 713. The summed E-state index contributed by atoms with van der Waals surface area (Å²) in [5, 5.41) is 2.84. The molecule has 0 saturated heterocycles. The molecule has 0 fully saturated rings. The minimum Gasteiger partial charge on any atom is -0.346 e. The molecule has 0 unspecified atom stereocenters. The van der Waals surface area contributed by atoms with Crippen LogP contribution in [-0.2, 0) is 17.8 Å². The van der Waals surface area contributed by atoms with E-state index in [2.05, 4.69) is 10.3 Å². The van der Waals surface area contributed by atoms with Gasteiger partial charge in [0.05, 0.1) is 18.7 Å². The van der Waals surface area contributed by atoms with Crippen molar-refractivity contribution in [1.29, 1.82) is 0 Å². The first-order valence-corrected chi connectivity index (χ1v) is 7.30. The average Bonchev–Trinajstić information content (AvgIpc) is 2.87. The van der Waals surface area contributed by atoms with Crippen molar-refractivity contribution < 1.29 is 9.59 Å². The maximum absolute atomic E-state index is 12.2. The van der Waals surface area contributed by atoms with Crippen LogP contribution in [-0.4, -0.2) is 23.3 Å². The van der Waals surface area contributed by atoms with E-state index in [4.69, 9.17) is 0 Å². The number of likely N-dealkylation sites (N-methyl/N-ethyl adjacent to an activating group) is 1. The Morgan fingerprint density at radius 3 is 2.91 bits per heavy atom. The second-order valence-electron chi connectivity index (χ2n) is 5.16. The Labute approximate surface area is 129 Å². The molecule has 0 atom stereocenters. The van der Waals surface area contributed by atoms with Crippen molar-refractivity contribution in [1.82, 2.24) is 10.3 Å². The van der Waals surface area contributed by atoms with Gasteiger partial charge in [-0.1, -0.05) is 6.07 Å². The van der Waals surface area contributed by atoms with Gasteiger partial charge in [0.15, 0.2) is 0 Å². The minimum atomic E-state index is -0.157. The van der Waals surface area contributed by atoms with Gasteiger partial charge < -0.3 is 10.2 Å². The number of hydrogen-bond acceptors (Lipinski definition) is 3. The van der Waals surface area contributed by atoms with Crippen LogP contribution in [0.4, 0.5) is 5.69 Å². The van der Waals surface area contributed by atoms with E-state index in [0.717, 1.165) is 16.9 Å². The molecular formula is C17H17N3O2. The zero-order chi connectivity index (χ0) is 15.5. The number of carbonyl (C=O) groups is 2. The smallest absolute Gasteiger partial charge is 0.251 e. The highest BCUT2D eigenvalue weighted by Crippen LogP contribution is 2.29. The van der Waals surface area contributed by atoms with E-state index >= 15 is 0 Å². The number of carbonyl (C=O) groups excluding carboxylic acids is 2. The zero-order valence-corrected chi connectivity index (χ0v) is 12.4. The lowest BCUT2D eigenvalue weighted by molar-refractivity contribution is -0.117. The number of rotatable bonds is 4. The average molecular weight is 295 g/mol. The molecule has 1 aromatic carbocycles. The van der Waals surface area contributed by atoms with Crippen LogP contribution in [0.5, 0.6) is 0 Å². The largest absolute Gasteiger partial charge is 0.346 e. The van der Waals surface area contributed by atoms with Crippen LogP contribution in [0.1, 0.15) is 28.5 Å². The van der Waals surface area contributed by atoms with E-state index in [1.165, 1.54) is 0 Å². The molecule has 5 heteroatoms. The molecular weight excluding hydrogens is 278 g/mol. The van der Waals surface area contributed by atoms with E-state index < -0.39 is 0 Å². The highest BCUT2D eigenvalue weighted by Gasteiger charge is 2.26. The summed E-state index contributed by atoms with van der Waals surface area (Å²) < 4.78 is 0. The number of nitrogens with zero attached hydrogens (tertiary/aromatic N) is 2. The van der Waals surface area contributed by atoms with Crippen molar-refractivity contribution in [2.45, 2.75) is 19.9 Å². The van der Waals surface area contributed by atoms with Gasteiger partial charge in [-0.3, -0.25) is 14.6 Å². The second-order valence-corrected chi connectivity index (χ2v) is 5.16.